The number of hydrogen-bond acceptors (Lipinski definition) is 2. The van der Waals surface area contributed by atoms with E-state index in [4.69, 9.17) is 0 Å². The molecule has 1 aromatic rings. The Balaban J connectivity index is 1.78. The average molecular weight is 244 g/mol. The predicted molar refractivity (Wildman–Crippen MR) is 72.7 cm³/mol. The van der Waals surface area contributed by atoms with Gasteiger partial charge in [-0.1, -0.05) is 25.1 Å². The van der Waals surface area contributed by atoms with E-state index in [0.29, 0.717) is 11.8 Å². The topological polar surface area (TPSA) is 32.3 Å². The molecule has 0 aromatic heterocycles. The Bertz CT molecular complexity index is 458. The van der Waals surface area contributed by atoms with Crippen molar-refractivity contribution in [2.24, 2.45) is 5.92 Å². The molecule has 96 valence electrons. The molecule has 2 unspecified atom stereocenters. The third-order valence-corrected chi connectivity index (χ3v) is 4.10. The van der Waals surface area contributed by atoms with Crippen molar-refractivity contribution in [2.75, 3.05) is 25.0 Å². The normalized spacial score (nSPS) is 26.6. The number of likely N-dealkylation sites (tertiary alicyclic amines) is 1. The number of fused-ring (bicyclic) bond motifs is 1. The number of piperidine rings is 1. The zero-order valence-corrected chi connectivity index (χ0v) is 10.9. The van der Waals surface area contributed by atoms with Crippen LogP contribution in [0.2, 0.25) is 0 Å². The van der Waals surface area contributed by atoms with Crippen LogP contribution in [0.25, 0.3) is 0 Å². The zero-order chi connectivity index (χ0) is 12.5. The van der Waals surface area contributed by atoms with Gasteiger partial charge in [0, 0.05) is 25.3 Å². The maximum absolute atomic E-state index is 12.6. The number of hydrogen-bond donors (Lipinski definition) is 1. The number of benzene rings is 1. The van der Waals surface area contributed by atoms with Crippen LogP contribution in [0.4, 0.5) is 5.69 Å². The monoisotopic (exact) mass is 244 g/mol. The molecule has 0 bridgehead atoms. The van der Waals surface area contributed by atoms with E-state index >= 15 is 0 Å². The summed E-state index contributed by atoms with van der Waals surface area (Å²) in [5, 5.41) is 3.33. The van der Waals surface area contributed by atoms with Crippen molar-refractivity contribution in [1.29, 1.82) is 0 Å². The first kappa shape index (κ1) is 11.6. The third-order valence-electron chi connectivity index (χ3n) is 4.10. The van der Waals surface area contributed by atoms with Gasteiger partial charge in [0.25, 0.3) is 0 Å². The molecule has 1 aromatic carbocycles. The first-order valence-electron chi connectivity index (χ1n) is 6.87. The predicted octanol–water partition coefficient (Wildman–Crippen LogP) is 2.45. The minimum absolute atomic E-state index is 0.0199. The van der Waals surface area contributed by atoms with Crippen LogP contribution in [-0.4, -0.2) is 30.4 Å². The fraction of sp³-hybridized carbons (Fsp3) is 0.533. The third kappa shape index (κ3) is 1.98. The molecule has 1 fully saturated rings. The molecule has 2 aliphatic rings. The van der Waals surface area contributed by atoms with Crippen molar-refractivity contribution in [3.63, 3.8) is 0 Å². The molecular weight excluding hydrogens is 224 g/mol. The molecule has 1 N–H and O–H groups in total. The van der Waals surface area contributed by atoms with Gasteiger partial charge in [-0.2, -0.15) is 0 Å². The SMILES string of the molecule is CC1CCCN(C(=O)C2CNc3ccccc32)C1. The average Bonchev–Trinajstić information content (AvgIpc) is 2.82. The van der Waals surface area contributed by atoms with E-state index in [0.717, 1.165) is 31.7 Å². The molecule has 1 amide bonds. The molecule has 3 rings (SSSR count). The lowest BCUT2D eigenvalue weighted by molar-refractivity contribution is -0.134. The molecule has 18 heavy (non-hydrogen) atoms. The Morgan fingerprint density at radius 2 is 2.22 bits per heavy atom. The smallest absolute Gasteiger partial charge is 0.231 e. The van der Waals surface area contributed by atoms with E-state index in [1.54, 1.807) is 0 Å². The molecule has 0 radical (unpaired) electrons. The van der Waals surface area contributed by atoms with Gasteiger partial charge in [-0.3, -0.25) is 4.79 Å². The second-order valence-corrected chi connectivity index (χ2v) is 5.55. The number of rotatable bonds is 1. The molecular formula is C15H20N2O. The van der Waals surface area contributed by atoms with E-state index in [1.807, 2.05) is 12.1 Å². The van der Waals surface area contributed by atoms with Crippen LogP contribution in [0.15, 0.2) is 24.3 Å². The number of nitrogens with zero attached hydrogens (tertiary/aromatic N) is 1. The van der Waals surface area contributed by atoms with E-state index in [-0.39, 0.29) is 5.92 Å². The number of carbonyl (C=O) groups is 1. The molecule has 0 saturated carbocycles. The minimum Gasteiger partial charge on any atom is -0.384 e. The van der Waals surface area contributed by atoms with Gasteiger partial charge in [-0.05, 0) is 30.4 Å². The van der Waals surface area contributed by atoms with Crippen LogP contribution in [0.3, 0.4) is 0 Å². The summed E-state index contributed by atoms with van der Waals surface area (Å²) in [4.78, 5) is 14.7. The van der Waals surface area contributed by atoms with Crippen molar-refractivity contribution in [3.05, 3.63) is 29.8 Å². The highest BCUT2D eigenvalue weighted by atomic mass is 16.2. The summed E-state index contributed by atoms with van der Waals surface area (Å²) in [5.74, 6) is 0.970. The van der Waals surface area contributed by atoms with E-state index in [1.165, 1.54) is 12.0 Å². The molecule has 2 aliphatic heterocycles. The van der Waals surface area contributed by atoms with E-state index in [9.17, 15) is 4.79 Å². The zero-order valence-electron chi connectivity index (χ0n) is 10.9. The first-order valence-corrected chi connectivity index (χ1v) is 6.87. The summed E-state index contributed by atoms with van der Waals surface area (Å²) in [6, 6.07) is 8.17. The Morgan fingerprint density at radius 3 is 3.06 bits per heavy atom. The minimum atomic E-state index is 0.0199. The van der Waals surface area contributed by atoms with Crippen LogP contribution in [0.5, 0.6) is 0 Å². The fourth-order valence-electron chi connectivity index (χ4n) is 3.11. The molecule has 1 saturated heterocycles. The maximum atomic E-state index is 12.6. The van der Waals surface area contributed by atoms with Crippen molar-refractivity contribution in [2.45, 2.75) is 25.7 Å². The van der Waals surface area contributed by atoms with Crippen LogP contribution in [-0.2, 0) is 4.79 Å². The molecule has 2 atom stereocenters. The highest BCUT2D eigenvalue weighted by molar-refractivity contribution is 5.88. The van der Waals surface area contributed by atoms with Crippen molar-refractivity contribution >= 4 is 11.6 Å². The van der Waals surface area contributed by atoms with E-state index in [2.05, 4.69) is 29.3 Å². The van der Waals surface area contributed by atoms with Gasteiger partial charge in [0.15, 0.2) is 0 Å². The van der Waals surface area contributed by atoms with Crippen LogP contribution in [0, 0.1) is 5.92 Å². The Morgan fingerprint density at radius 1 is 1.39 bits per heavy atom. The van der Waals surface area contributed by atoms with Gasteiger partial charge < -0.3 is 10.2 Å². The number of anilines is 1. The number of nitrogens with one attached hydrogen (secondary N) is 1. The summed E-state index contributed by atoms with van der Waals surface area (Å²) in [6.07, 6.45) is 2.40. The lowest BCUT2D eigenvalue weighted by atomic mass is 9.95. The maximum Gasteiger partial charge on any atom is 0.231 e. The summed E-state index contributed by atoms with van der Waals surface area (Å²) in [6.45, 7) is 4.85. The highest BCUT2D eigenvalue weighted by Crippen LogP contribution is 2.33. The largest absolute Gasteiger partial charge is 0.384 e. The van der Waals surface area contributed by atoms with Crippen molar-refractivity contribution in [1.82, 2.24) is 4.90 Å². The van der Waals surface area contributed by atoms with Gasteiger partial charge in [-0.15, -0.1) is 0 Å². The van der Waals surface area contributed by atoms with Crippen molar-refractivity contribution in [3.8, 4) is 0 Å². The van der Waals surface area contributed by atoms with Gasteiger partial charge in [0.1, 0.15) is 0 Å². The van der Waals surface area contributed by atoms with Gasteiger partial charge in [-0.25, -0.2) is 0 Å². The fourth-order valence-corrected chi connectivity index (χ4v) is 3.11. The summed E-state index contributed by atoms with van der Waals surface area (Å²) in [5.41, 5.74) is 2.29. The number of amides is 1. The first-order chi connectivity index (χ1) is 8.75. The van der Waals surface area contributed by atoms with Gasteiger partial charge >= 0.3 is 0 Å². The lowest BCUT2D eigenvalue weighted by Gasteiger charge is -2.32. The quantitative estimate of drug-likeness (QED) is 0.823. The summed E-state index contributed by atoms with van der Waals surface area (Å²) in [7, 11) is 0. The van der Waals surface area contributed by atoms with Crippen LogP contribution in [0.1, 0.15) is 31.2 Å². The Kier molecular flexibility index (Phi) is 2.98. The van der Waals surface area contributed by atoms with E-state index < -0.39 is 0 Å². The van der Waals surface area contributed by atoms with Gasteiger partial charge in [0.05, 0.1) is 5.92 Å². The molecule has 0 spiro atoms. The second-order valence-electron chi connectivity index (χ2n) is 5.55. The Hall–Kier alpha value is -1.51. The highest BCUT2D eigenvalue weighted by Gasteiger charge is 2.32. The van der Waals surface area contributed by atoms with Crippen molar-refractivity contribution < 1.29 is 4.79 Å². The van der Waals surface area contributed by atoms with Crippen LogP contribution < -0.4 is 5.32 Å². The lowest BCUT2D eigenvalue weighted by Crippen LogP contribution is -2.42. The molecule has 0 aliphatic carbocycles. The molecule has 2 heterocycles. The molecule has 3 nitrogen and oxygen atoms in total. The summed E-state index contributed by atoms with van der Waals surface area (Å²) >= 11 is 0. The standard InChI is InChI=1S/C15H20N2O/c1-11-5-4-8-17(10-11)15(18)13-9-16-14-7-3-2-6-12(13)14/h2-3,6-7,11,13,16H,4-5,8-10H2,1H3. The molecule has 3 heteroatoms. The summed E-state index contributed by atoms with van der Waals surface area (Å²) < 4.78 is 0. The van der Waals surface area contributed by atoms with Gasteiger partial charge in [0.2, 0.25) is 5.91 Å². The second kappa shape index (κ2) is 4.63. The number of carbonyl (C=O) groups excluding carboxylic acids is 1. The number of para-hydroxylation sites is 1. The van der Waals surface area contributed by atoms with Crippen LogP contribution >= 0.6 is 0 Å². The Labute approximate surface area is 108 Å².